The van der Waals surface area contributed by atoms with E-state index in [0.29, 0.717) is 28.2 Å². The Morgan fingerprint density at radius 3 is 2.48 bits per heavy atom. The molecular weight excluding hydrogens is 366 g/mol. The highest BCUT2D eigenvalue weighted by molar-refractivity contribution is 8.00. The van der Waals surface area contributed by atoms with Crippen LogP contribution in [0.1, 0.15) is 31.1 Å². The fourth-order valence-corrected chi connectivity index (χ4v) is 3.70. The summed E-state index contributed by atoms with van der Waals surface area (Å²) in [5, 5.41) is 0.497. The van der Waals surface area contributed by atoms with E-state index in [0.717, 1.165) is 0 Å². The lowest BCUT2D eigenvalue weighted by Crippen LogP contribution is -2.31. The molecule has 2 aromatic rings. The zero-order valence-corrected chi connectivity index (χ0v) is 17.3. The second-order valence-corrected chi connectivity index (χ2v) is 8.23. The summed E-state index contributed by atoms with van der Waals surface area (Å²) in [6.45, 7) is 6.30. The first-order valence-corrected chi connectivity index (χ1v) is 9.54. The lowest BCUT2D eigenvalue weighted by Gasteiger charge is -2.19. The van der Waals surface area contributed by atoms with Gasteiger partial charge in [-0.25, -0.2) is 9.78 Å². The van der Waals surface area contributed by atoms with Crippen LogP contribution in [-0.2, 0) is 16.1 Å². The van der Waals surface area contributed by atoms with E-state index in [2.05, 4.69) is 4.98 Å². The Morgan fingerprint density at radius 1 is 1.26 bits per heavy atom. The average molecular weight is 391 g/mol. The van der Waals surface area contributed by atoms with Gasteiger partial charge in [0.1, 0.15) is 0 Å². The third kappa shape index (κ3) is 4.68. The third-order valence-electron chi connectivity index (χ3n) is 3.96. The number of aromatic nitrogens is 2. The van der Waals surface area contributed by atoms with E-state index in [-0.39, 0.29) is 17.4 Å². The number of hydrogen-bond donors (Lipinski definition) is 0. The Labute approximate surface area is 162 Å². The van der Waals surface area contributed by atoms with Gasteiger partial charge in [-0.1, -0.05) is 25.6 Å². The number of nitrogens with zero attached hydrogens (tertiary/aromatic N) is 3. The van der Waals surface area contributed by atoms with Gasteiger partial charge in [-0.3, -0.25) is 14.2 Å². The van der Waals surface area contributed by atoms with Crippen LogP contribution in [0.15, 0.2) is 28.2 Å². The van der Waals surface area contributed by atoms with E-state index in [1.807, 2.05) is 13.8 Å². The Hall–Kier alpha value is -2.35. The monoisotopic (exact) mass is 391 g/mol. The fourth-order valence-electron chi connectivity index (χ4n) is 2.63. The molecule has 1 heterocycles. The van der Waals surface area contributed by atoms with E-state index in [1.165, 1.54) is 23.8 Å². The van der Waals surface area contributed by atoms with Gasteiger partial charge in [-0.2, -0.15) is 0 Å². The van der Waals surface area contributed by atoms with E-state index in [9.17, 15) is 14.4 Å². The second-order valence-electron chi connectivity index (χ2n) is 6.92. The summed E-state index contributed by atoms with van der Waals surface area (Å²) in [5.41, 5.74) is 0.555. The minimum atomic E-state index is -0.490. The van der Waals surface area contributed by atoms with Crippen molar-refractivity contribution in [2.24, 2.45) is 5.92 Å². The minimum Gasteiger partial charge on any atom is -0.465 e. The molecule has 1 aromatic carbocycles. The van der Waals surface area contributed by atoms with Crippen LogP contribution in [0.25, 0.3) is 10.9 Å². The lowest BCUT2D eigenvalue weighted by atomic mass is 10.1. The summed E-state index contributed by atoms with van der Waals surface area (Å²) in [7, 11) is 4.69. The van der Waals surface area contributed by atoms with Gasteiger partial charge in [0.05, 0.1) is 28.8 Å². The standard InChI is InChI=1S/C19H25N3O4S/c1-11(2)10-22-17(24)14-8-7-13(18(25)26-6)9-15(14)20-19(22)27-12(3)16(23)21(4)5/h7-9,11-12H,10H2,1-6H3/t12-/m0/s1. The zero-order chi connectivity index (χ0) is 20.3. The summed E-state index contributed by atoms with van der Waals surface area (Å²) in [6, 6.07) is 4.70. The Bertz CT molecular complexity index is 921. The molecule has 0 saturated heterocycles. The average Bonchev–Trinajstić information content (AvgIpc) is 2.62. The molecule has 0 spiro atoms. The molecule has 1 atom stereocenters. The first-order chi connectivity index (χ1) is 12.6. The predicted molar refractivity (Wildman–Crippen MR) is 106 cm³/mol. The minimum absolute atomic E-state index is 0.0613. The summed E-state index contributed by atoms with van der Waals surface area (Å²) in [4.78, 5) is 43.2. The van der Waals surface area contributed by atoms with E-state index < -0.39 is 11.2 Å². The smallest absolute Gasteiger partial charge is 0.337 e. The highest BCUT2D eigenvalue weighted by Crippen LogP contribution is 2.24. The van der Waals surface area contributed by atoms with Crippen molar-refractivity contribution in [1.29, 1.82) is 0 Å². The number of thioether (sulfide) groups is 1. The Morgan fingerprint density at radius 2 is 1.93 bits per heavy atom. The molecular formula is C19H25N3O4S. The SMILES string of the molecule is COC(=O)c1ccc2c(=O)n(CC(C)C)c(S[C@@H](C)C(=O)N(C)C)nc2c1. The van der Waals surface area contributed by atoms with Gasteiger partial charge in [-0.05, 0) is 31.0 Å². The number of methoxy groups -OCH3 is 1. The maximum Gasteiger partial charge on any atom is 0.337 e. The van der Waals surface area contributed by atoms with Crippen LogP contribution >= 0.6 is 11.8 Å². The van der Waals surface area contributed by atoms with E-state index in [4.69, 9.17) is 4.74 Å². The largest absolute Gasteiger partial charge is 0.465 e. The van der Waals surface area contributed by atoms with Crippen molar-refractivity contribution in [2.75, 3.05) is 21.2 Å². The fraction of sp³-hybridized carbons (Fsp3) is 0.474. The number of amides is 1. The molecule has 8 heteroatoms. The molecule has 0 aliphatic carbocycles. The number of fused-ring (bicyclic) bond motifs is 1. The molecule has 27 heavy (non-hydrogen) atoms. The van der Waals surface area contributed by atoms with Gasteiger partial charge in [0.2, 0.25) is 5.91 Å². The van der Waals surface area contributed by atoms with Gasteiger partial charge in [-0.15, -0.1) is 0 Å². The van der Waals surface area contributed by atoms with Crippen LogP contribution in [0.2, 0.25) is 0 Å². The van der Waals surface area contributed by atoms with Crippen LogP contribution in [0.5, 0.6) is 0 Å². The normalized spacial score (nSPS) is 12.3. The predicted octanol–water partition coefficient (Wildman–Crippen LogP) is 2.41. The van der Waals surface area contributed by atoms with E-state index >= 15 is 0 Å². The van der Waals surface area contributed by atoms with Gasteiger partial charge in [0.25, 0.3) is 5.56 Å². The maximum atomic E-state index is 13.0. The number of carbonyl (C=O) groups excluding carboxylic acids is 2. The highest BCUT2D eigenvalue weighted by Gasteiger charge is 2.21. The van der Waals surface area contributed by atoms with Crippen molar-refractivity contribution in [3.05, 3.63) is 34.1 Å². The maximum absolute atomic E-state index is 13.0. The molecule has 0 N–H and O–H groups in total. The molecule has 0 aliphatic heterocycles. The van der Waals surface area contributed by atoms with Gasteiger partial charge < -0.3 is 9.64 Å². The Balaban J connectivity index is 2.61. The lowest BCUT2D eigenvalue weighted by molar-refractivity contribution is -0.127. The van der Waals surface area contributed by atoms with Crippen molar-refractivity contribution in [1.82, 2.24) is 14.5 Å². The van der Waals surface area contributed by atoms with Crippen LogP contribution < -0.4 is 5.56 Å². The second kappa shape index (κ2) is 8.56. The molecule has 1 aromatic heterocycles. The van der Waals surface area contributed by atoms with Crippen LogP contribution in [0.4, 0.5) is 0 Å². The van der Waals surface area contributed by atoms with Crippen LogP contribution in [0, 0.1) is 5.92 Å². The molecule has 0 fully saturated rings. The van der Waals surface area contributed by atoms with Gasteiger partial charge >= 0.3 is 5.97 Å². The molecule has 0 radical (unpaired) electrons. The van der Waals surface area contributed by atoms with Crippen LogP contribution in [-0.4, -0.2) is 52.8 Å². The number of benzene rings is 1. The molecule has 1 amide bonds. The quantitative estimate of drug-likeness (QED) is 0.427. The number of esters is 1. The summed E-state index contributed by atoms with van der Waals surface area (Å²) >= 11 is 1.24. The molecule has 7 nitrogen and oxygen atoms in total. The first-order valence-electron chi connectivity index (χ1n) is 8.66. The third-order valence-corrected chi connectivity index (χ3v) is 5.04. The first kappa shape index (κ1) is 21.0. The van der Waals surface area contributed by atoms with Gasteiger partial charge in [0.15, 0.2) is 5.16 Å². The summed E-state index contributed by atoms with van der Waals surface area (Å²) in [5.74, 6) is -0.320. The molecule has 0 unspecified atom stereocenters. The number of rotatable bonds is 6. The Kier molecular flexibility index (Phi) is 6.64. The molecule has 0 saturated carbocycles. The molecule has 146 valence electrons. The topological polar surface area (TPSA) is 81.5 Å². The molecule has 0 bridgehead atoms. The number of hydrogen-bond acceptors (Lipinski definition) is 6. The van der Waals surface area contributed by atoms with E-state index in [1.54, 1.807) is 43.8 Å². The van der Waals surface area contributed by atoms with Crippen LogP contribution in [0.3, 0.4) is 0 Å². The van der Waals surface area contributed by atoms with Crippen molar-refractivity contribution >= 4 is 34.5 Å². The molecule has 0 aliphatic rings. The van der Waals surface area contributed by atoms with Crippen molar-refractivity contribution in [3.8, 4) is 0 Å². The van der Waals surface area contributed by atoms with Crippen molar-refractivity contribution < 1.29 is 14.3 Å². The summed E-state index contributed by atoms with van der Waals surface area (Å²) < 4.78 is 6.35. The number of ether oxygens (including phenoxy) is 1. The van der Waals surface area contributed by atoms with Crippen molar-refractivity contribution in [2.45, 2.75) is 37.7 Å². The zero-order valence-electron chi connectivity index (χ0n) is 16.5. The number of carbonyl (C=O) groups is 2. The molecule has 2 rings (SSSR count). The highest BCUT2D eigenvalue weighted by atomic mass is 32.2. The summed E-state index contributed by atoms with van der Waals surface area (Å²) in [6.07, 6.45) is 0. The van der Waals surface area contributed by atoms with Gasteiger partial charge in [0, 0.05) is 20.6 Å². The van der Waals surface area contributed by atoms with Crippen molar-refractivity contribution in [3.63, 3.8) is 0 Å².